The number of aryl methyl sites for hydroxylation is 1. The molecule has 1 aliphatic heterocycles. The van der Waals surface area contributed by atoms with Crippen LogP contribution >= 0.6 is 0 Å². The Morgan fingerprint density at radius 1 is 0.875 bits per heavy atom. The Labute approximate surface area is 236 Å². The normalized spacial score (nSPS) is 18.1. The molecule has 3 amide bonds. The average molecular weight is 539 g/mol. The lowest BCUT2D eigenvalue weighted by Crippen LogP contribution is -2.54. The fraction of sp³-hybridized carbons (Fsp3) is 0.364. The van der Waals surface area contributed by atoms with Gasteiger partial charge >= 0.3 is 0 Å². The third kappa shape index (κ3) is 5.94. The first kappa shape index (κ1) is 27.6. The zero-order chi connectivity index (χ0) is 28.1. The van der Waals surface area contributed by atoms with Crippen LogP contribution in [0.3, 0.4) is 0 Å². The molecule has 3 N–H and O–H groups in total. The molecule has 0 aromatic heterocycles. The lowest BCUT2D eigenvalue weighted by Gasteiger charge is -2.33. The Hall–Kier alpha value is -3.97. The van der Waals surface area contributed by atoms with Crippen molar-refractivity contribution in [3.8, 4) is 0 Å². The Morgan fingerprint density at radius 3 is 2.30 bits per heavy atom. The van der Waals surface area contributed by atoms with Crippen molar-refractivity contribution in [1.29, 1.82) is 0 Å². The Balaban J connectivity index is 1.45. The van der Waals surface area contributed by atoms with Crippen LogP contribution in [0.1, 0.15) is 64.2 Å². The van der Waals surface area contributed by atoms with Gasteiger partial charge in [0.05, 0.1) is 5.92 Å². The number of carbonyl (C=O) groups is 3. The predicted octanol–water partition coefficient (Wildman–Crippen LogP) is 4.35. The molecule has 1 aliphatic carbocycles. The van der Waals surface area contributed by atoms with Crippen LogP contribution < -0.4 is 11.1 Å². The largest absolute Gasteiger partial charge is 0.349 e. The number of amides is 3. The number of nitrogens with one attached hydrogen (secondary N) is 1. The van der Waals surface area contributed by atoms with Gasteiger partial charge in [-0.2, -0.15) is 0 Å². The molecule has 1 heterocycles. The van der Waals surface area contributed by atoms with E-state index in [-0.39, 0.29) is 36.1 Å². The van der Waals surface area contributed by atoms with Gasteiger partial charge in [0.2, 0.25) is 5.91 Å². The van der Waals surface area contributed by atoms with Crippen molar-refractivity contribution in [3.05, 3.63) is 107 Å². The number of benzene rings is 3. The second-order valence-corrected chi connectivity index (χ2v) is 10.9. The molecule has 5 rings (SSSR count). The molecular formula is C33H38N4O3. The highest BCUT2D eigenvalue weighted by Gasteiger charge is 2.46. The molecule has 208 valence electrons. The monoisotopic (exact) mass is 538 g/mol. The zero-order valence-corrected chi connectivity index (χ0v) is 23.1. The van der Waals surface area contributed by atoms with E-state index in [9.17, 15) is 14.4 Å². The molecule has 2 atom stereocenters. The summed E-state index contributed by atoms with van der Waals surface area (Å²) in [4.78, 5) is 45.1. The van der Waals surface area contributed by atoms with Crippen LogP contribution in [0.4, 0.5) is 0 Å². The van der Waals surface area contributed by atoms with Gasteiger partial charge in [0.25, 0.3) is 11.8 Å². The molecular weight excluding hydrogens is 500 g/mol. The van der Waals surface area contributed by atoms with E-state index in [4.69, 9.17) is 5.73 Å². The van der Waals surface area contributed by atoms with Gasteiger partial charge in [-0.3, -0.25) is 14.4 Å². The number of hydrogen-bond donors (Lipinski definition) is 2. The number of nitrogens with zero attached hydrogens (tertiary/aromatic N) is 2. The Kier molecular flexibility index (Phi) is 8.60. The van der Waals surface area contributed by atoms with Gasteiger partial charge in [-0.05, 0) is 54.5 Å². The highest BCUT2D eigenvalue weighted by atomic mass is 16.2. The number of rotatable bonds is 8. The van der Waals surface area contributed by atoms with E-state index >= 15 is 0 Å². The minimum absolute atomic E-state index is 0.0806. The van der Waals surface area contributed by atoms with Crippen molar-refractivity contribution < 1.29 is 14.4 Å². The van der Waals surface area contributed by atoms with Gasteiger partial charge < -0.3 is 20.9 Å². The topological polar surface area (TPSA) is 95.7 Å². The van der Waals surface area contributed by atoms with Crippen LogP contribution in [0.5, 0.6) is 0 Å². The van der Waals surface area contributed by atoms with Crippen LogP contribution in [-0.4, -0.2) is 46.8 Å². The summed E-state index contributed by atoms with van der Waals surface area (Å²) in [5.41, 5.74) is 10.1. The van der Waals surface area contributed by atoms with E-state index in [1.165, 1.54) is 0 Å². The lowest BCUT2D eigenvalue weighted by atomic mass is 9.83. The van der Waals surface area contributed by atoms with Gasteiger partial charge in [0.1, 0.15) is 0 Å². The van der Waals surface area contributed by atoms with E-state index in [1.807, 2.05) is 79.7 Å². The molecule has 3 aromatic carbocycles. The van der Waals surface area contributed by atoms with Crippen LogP contribution in [-0.2, 0) is 22.7 Å². The van der Waals surface area contributed by atoms with E-state index < -0.39 is 6.17 Å². The molecule has 1 saturated carbocycles. The summed E-state index contributed by atoms with van der Waals surface area (Å²) in [5.74, 6) is -0.805. The smallest absolute Gasteiger partial charge is 0.264 e. The highest BCUT2D eigenvalue weighted by molar-refractivity contribution is 6.00. The van der Waals surface area contributed by atoms with Crippen molar-refractivity contribution in [1.82, 2.24) is 15.1 Å². The third-order valence-corrected chi connectivity index (χ3v) is 8.21. The molecule has 2 unspecified atom stereocenters. The predicted molar refractivity (Wildman–Crippen MR) is 155 cm³/mol. The molecule has 0 radical (unpaired) electrons. The highest BCUT2D eigenvalue weighted by Crippen LogP contribution is 2.39. The van der Waals surface area contributed by atoms with Crippen LogP contribution in [0.2, 0.25) is 0 Å². The summed E-state index contributed by atoms with van der Waals surface area (Å²) in [5, 5.41) is 3.01. The fourth-order valence-electron chi connectivity index (χ4n) is 6.19. The summed E-state index contributed by atoms with van der Waals surface area (Å²) in [6.07, 6.45) is 3.15. The summed E-state index contributed by atoms with van der Waals surface area (Å²) in [6.45, 7) is 3.23. The lowest BCUT2D eigenvalue weighted by molar-refractivity contribution is -0.143. The first-order valence-corrected chi connectivity index (χ1v) is 14.2. The quantitative estimate of drug-likeness (QED) is 0.446. The van der Waals surface area contributed by atoms with Crippen LogP contribution in [0, 0.1) is 12.8 Å². The van der Waals surface area contributed by atoms with Gasteiger partial charge in [0, 0.05) is 31.7 Å². The molecule has 2 aliphatic rings. The second-order valence-electron chi connectivity index (χ2n) is 10.9. The standard InChI is InChI=1S/C33H38N4O3/c1-23-9-7-16-28(19-23)32(39)36-17-18-37(31(36)30(38)35-22-25-11-8-10-24(20-25)21-34)33(40)29(27-14-5-6-15-27)26-12-3-2-4-13-26/h2-4,7-13,16,19-20,27,29,31H,5-6,14-15,17-18,21-22,34H2,1H3,(H,35,38). The SMILES string of the molecule is Cc1cccc(C(=O)N2CCN(C(=O)C(c3ccccc3)C3CCCC3)C2C(=O)NCc2cccc(CN)c2)c1. The summed E-state index contributed by atoms with van der Waals surface area (Å²) >= 11 is 0. The maximum atomic E-state index is 14.4. The van der Waals surface area contributed by atoms with Crippen molar-refractivity contribution in [2.24, 2.45) is 11.7 Å². The fourth-order valence-corrected chi connectivity index (χ4v) is 6.19. The maximum absolute atomic E-state index is 14.4. The third-order valence-electron chi connectivity index (χ3n) is 8.21. The minimum Gasteiger partial charge on any atom is -0.349 e. The van der Waals surface area contributed by atoms with E-state index in [2.05, 4.69) is 5.32 Å². The van der Waals surface area contributed by atoms with Gasteiger partial charge in [-0.1, -0.05) is 85.1 Å². The summed E-state index contributed by atoms with van der Waals surface area (Å²) in [7, 11) is 0. The second kappa shape index (κ2) is 12.5. The number of carbonyl (C=O) groups excluding carboxylic acids is 3. The first-order chi connectivity index (χ1) is 19.5. The van der Waals surface area contributed by atoms with Crippen molar-refractivity contribution in [2.75, 3.05) is 13.1 Å². The van der Waals surface area contributed by atoms with Gasteiger partial charge in [-0.15, -0.1) is 0 Å². The molecule has 0 spiro atoms. The molecule has 7 nitrogen and oxygen atoms in total. The number of hydrogen-bond acceptors (Lipinski definition) is 4. The molecule has 40 heavy (non-hydrogen) atoms. The van der Waals surface area contributed by atoms with Crippen LogP contribution in [0.15, 0.2) is 78.9 Å². The van der Waals surface area contributed by atoms with Crippen molar-refractivity contribution in [3.63, 3.8) is 0 Å². The summed E-state index contributed by atoms with van der Waals surface area (Å²) < 4.78 is 0. The van der Waals surface area contributed by atoms with Crippen LogP contribution in [0.25, 0.3) is 0 Å². The molecule has 3 aromatic rings. The minimum atomic E-state index is -1.02. The molecule has 0 bridgehead atoms. The Bertz CT molecular complexity index is 1350. The first-order valence-electron chi connectivity index (χ1n) is 14.2. The molecule has 7 heteroatoms. The molecule has 1 saturated heterocycles. The van der Waals surface area contributed by atoms with Crippen molar-refractivity contribution >= 4 is 17.7 Å². The summed E-state index contributed by atoms with van der Waals surface area (Å²) in [6, 6.07) is 25.0. The molecule has 2 fully saturated rings. The average Bonchev–Trinajstić information content (AvgIpc) is 3.67. The van der Waals surface area contributed by atoms with Crippen molar-refractivity contribution in [2.45, 2.75) is 57.8 Å². The maximum Gasteiger partial charge on any atom is 0.264 e. The number of nitrogens with two attached hydrogens (primary N) is 1. The van der Waals surface area contributed by atoms with E-state index in [1.54, 1.807) is 15.9 Å². The van der Waals surface area contributed by atoms with E-state index in [0.717, 1.165) is 47.9 Å². The zero-order valence-electron chi connectivity index (χ0n) is 23.1. The van der Waals surface area contributed by atoms with Gasteiger partial charge in [0.15, 0.2) is 6.17 Å². The van der Waals surface area contributed by atoms with E-state index in [0.29, 0.717) is 25.2 Å². The Morgan fingerprint density at radius 2 is 1.57 bits per heavy atom. The van der Waals surface area contributed by atoms with Gasteiger partial charge in [-0.25, -0.2) is 0 Å².